The van der Waals surface area contributed by atoms with E-state index in [1.54, 1.807) is 24.3 Å². The molecule has 3 rings (SSSR count). The molecule has 1 aliphatic heterocycles. The second-order valence-electron chi connectivity index (χ2n) is 6.40. The summed E-state index contributed by atoms with van der Waals surface area (Å²) in [5, 5.41) is 0. The molecule has 1 fully saturated rings. The van der Waals surface area contributed by atoms with E-state index >= 15 is 0 Å². The van der Waals surface area contributed by atoms with E-state index in [0.717, 1.165) is 22.6 Å². The highest BCUT2D eigenvalue weighted by atomic mass is 19.1. The molecule has 2 aromatic rings. The summed E-state index contributed by atoms with van der Waals surface area (Å²) in [6, 6.07) is 12.5. The van der Waals surface area contributed by atoms with Crippen molar-refractivity contribution in [3.05, 3.63) is 71.5 Å². The fourth-order valence-corrected chi connectivity index (χ4v) is 2.88. The van der Waals surface area contributed by atoms with Crippen LogP contribution in [-0.2, 0) is 25.7 Å². The van der Waals surface area contributed by atoms with Crippen LogP contribution >= 0.6 is 0 Å². The predicted octanol–water partition coefficient (Wildman–Crippen LogP) is 2.88. The zero-order chi connectivity index (χ0) is 20.8. The number of esters is 1. The monoisotopic (exact) mass is 399 g/mol. The molecular weight excluding hydrogens is 381 g/mol. The molecule has 2 aromatic carbocycles. The highest BCUT2D eigenvalue weighted by molar-refractivity contribution is 6.01. The molecule has 0 aromatic heterocycles. The van der Waals surface area contributed by atoms with Crippen LogP contribution in [-0.4, -0.2) is 41.3 Å². The maximum Gasteiger partial charge on any atom is 0.417 e. The van der Waals surface area contributed by atoms with E-state index in [0.29, 0.717) is 0 Å². The van der Waals surface area contributed by atoms with Gasteiger partial charge in [-0.25, -0.2) is 18.9 Å². The van der Waals surface area contributed by atoms with Crippen molar-refractivity contribution in [1.82, 2.24) is 4.90 Å². The molecule has 29 heavy (non-hydrogen) atoms. The largest absolute Gasteiger partial charge is 0.456 e. The Bertz CT molecular complexity index is 913. The third-order valence-electron chi connectivity index (χ3n) is 4.40. The van der Waals surface area contributed by atoms with Crippen molar-refractivity contribution in [1.29, 1.82) is 0 Å². The SMILES string of the molecule is O=C(COC(=O)[C@@H]1CCC(=O)N1C(=O)OCc1ccccc1)c1ccc(F)cc1. The molecule has 0 aliphatic carbocycles. The van der Waals surface area contributed by atoms with Crippen LogP contribution in [0.1, 0.15) is 28.8 Å². The number of nitrogens with zero attached hydrogens (tertiary/aromatic N) is 1. The van der Waals surface area contributed by atoms with Gasteiger partial charge >= 0.3 is 12.1 Å². The van der Waals surface area contributed by atoms with E-state index in [9.17, 15) is 23.6 Å². The molecule has 7 nitrogen and oxygen atoms in total. The number of carbonyl (C=O) groups excluding carboxylic acids is 4. The molecular formula is C21H18FNO6. The minimum absolute atomic E-state index is 0.00783. The summed E-state index contributed by atoms with van der Waals surface area (Å²) in [6.07, 6.45) is -0.863. The van der Waals surface area contributed by atoms with Gasteiger partial charge in [-0.3, -0.25) is 9.59 Å². The van der Waals surface area contributed by atoms with Gasteiger partial charge in [0.15, 0.2) is 12.4 Å². The van der Waals surface area contributed by atoms with Crippen molar-refractivity contribution < 1.29 is 33.0 Å². The third-order valence-corrected chi connectivity index (χ3v) is 4.40. The zero-order valence-corrected chi connectivity index (χ0v) is 15.4. The maximum atomic E-state index is 12.9. The Morgan fingerprint density at radius 1 is 1.00 bits per heavy atom. The molecule has 2 amide bonds. The smallest absolute Gasteiger partial charge is 0.417 e. The molecule has 0 N–H and O–H groups in total. The molecule has 1 saturated heterocycles. The summed E-state index contributed by atoms with van der Waals surface area (Å²) in [7, 11) is 0. The topological polar surface area (TPSA) is 90.0 Å². The van der Waals surface area contributed by atoms with Gasteiger partial charge in [-0.15, -0.1) is 0 Å². The zero-order valence-electron chi connectivity index (χ0n) is 15.4. The Labute approximate surface area is 166 Å². The number of carbonyl (C=O) groups is 4. The van der Waals surface area contributed by atoms with Gasteiger partial charge in [0.1, 0.15) is 18.5 Å². The number of ether oxygens (including phenoxy) is 2. The van der Waals surface area contributed by atoms with E-state index in [1.165, 1.54) is 12.1 Å². The number of amides is 2. The van der Waals surface area contributed by atoms with E-state index in [2.05, 4.69) is 0 Å². The van der Waals surface area contributed by atoms with E-state index < -0.39 is 42.2 Å². The summed E-state index contributed by atoms with van der Waals surface area (Å²) in [5.74, 6) is -2.44. The first-order valence-electron chi connectivity index (χ1n) is 8.94. The van der Waals surface area contributed by atoms with Crippen LogP contribution in [0.2, 0.25) is 0 Å². The maximum absolute atomic E-state index is 12.9. The van der Waals surface area contributed by atoms with E-state index in [4.69, 9.17) is 9.47 Å². The second kappa shape index (κ2) is 9.09. The molecule has 1 heterocycles. The Morgan fingerprint density at radius 3 is 2.38 bits per heavy atom. The Hall–Kier alpha value is -3.55. The Balaban J connectivity index is 1.57. The van der Waals surface area contributed by atoms with Crippen LogP contribution in [0.3, 0.4) is 0 Å². The third kappa shape index (κ3) is 5.04. The highest BCUT2D eigenvalue weighted by Gasteiger charge is 2.42. The lowest BCUT2D eigenvalue weighted by Gasteiger charge is -2.21. The van der Waals surface area contributed by atoms with Gasteiger partial charge in [0.2, 0.25) is 5.91 Å². The van der Waals surface area contributed by atoms with Crippen molar-refractivity contribution in [2.24, 2.45) is 0 Å². The molecule has 0 saturated carbocycles. The lowest BCUT2D eigenvalue weighted by atomic mass is 10.1. The van der Waals surface area contributed by atoms with Crippen LogP contribution < -0.4 is 0 Å². The number of hydrogen-bond donors (Lipinski definition) is 0. The second-order valence-corrected chi connectivity index (χ2v) is 6.40. The number of benzene rings is 2. The number of halogens is 1. The lowest BCUT2D eigenvalue weighted by Crippen LogP contribution is -2.44. The van der Waals surface area contributed by atoms with E-state index in [1.807, 2.05) is 6.07 Å². The van der Waals surface area contributed by atoms with Crippen LogP contribution in [0.15, 0.2) is 54.6 Å². The quantitative estimate of drug-likeness (QED) is 0.548. The van der Waals surface area contributed by atoms with Crippen molar-refractivity contribution in [3.8, 4) is 0 Å². The van der Waals surface area contributed by atoms with Gasteiger partial charge in [0.25, 0.3) is 0 Å². The van der Waals surface area contributed by atoms with Gasteiger partial charge in [-0.1, -0.05) is 30.3 Å². The normalized spacial score (nSPS) is 15.8. The van der Waals surface area contributed by atoms with Gasteiger partial charge in [0, 0.05) is 12.0 Å². The average molecular weight is 399 g/mol. The van der Waals surface area contributed by atoms with Crippen LogP contribution in [0.25, 0.3) is 0 Å². The van der Waals surface area contributed by atoms with Crippen molar-refractivity contribution in [2.75, 3.05) is 6.61 Å². The molecule has 1 aliphatic rings. The number of ketones is 1. The summed E-state index contributed by atoms with van der Waals surface area (Å²) in [5.41, 5.74) is 0.914. The number of rotatable bonds is 6. The van der Waals surface area contributed by atoms with Gasteiger partial charge in [0.05, 0.1) is 0 Å². The number of hydrogen-bond acceptors (Lipinski definition) is 6. The van der Waals surface area contributed by atoms with Crippen LogP contribution in [0.4, 0.5) is 9.18 Å². The molecule has 0 spiro atoms. The number of likely N-dealkylation sites (tertiary alicyclic amines) is 1. The Morgan fingerprint density at radius 2 is 1.69 bits per heavy atom. The average Bonchev–Trinajstić information content (AvgIpc) is 3.13. The molecule has 1 atom stereocenters. The number of imide groups is 1. The van der Waals surface area contributed by atoms with Crippen molar-refractivity contribution >= 4 is 23.8 Å². The highest BCUT2D eigenvalue weighted by Crippen LogP contribution is 2.21. The fraction of sp³-hybridized carbons (Fsp3) is 0.238. The van der Waals surface area contributed by atoms with Crippen LogP contribution in [0, 0.1) is 5.82 Å². The minimum atomic E-state index is -1.15. The van der Waals surface area contributed by atoms with Gasteiger partial charge < -0.3 is 9.47 Å². The molecule has 0 bridgehead atoms. The van der Waals surface area contributed by atoms with E-state index in [-0.39, 0.29) is 25.0 Å². The summed E-state index contributed by atoms with van der Waals surface area (Å²) in [6.45, 7) is -0.629. The first-order valence-corrected chi connectivity index (χ1v) is 8.94. The minimum Gasteiger partial charge on any atom is -0.456 e. The first kappa shape index (κ1) is 20.2. The van der Waals surface area contributed by atoms with Gasteiger partial charge in [-0.05, 0) is 36.2 Å². The molecule has 0 radical (unpaired) electrons. The molecule has 0 unspecified atom stereocenters. The predicted molar refractivity (Wildman–Crippen MR) is 98.2 cm³/mol. The van der Waals surface area contributed by atoms with Crippen molar-refractivity contribution in [2.45, 2.75) is 25.5 Å². The molecule has 8 heteroatoms. The standard InChI is InChI=1S/C21H18FNO6/c22-16-8-6-15(7-9-16)18(24)13-28-20(26)17-10-11-19(25)23(17)21(27)29-12-14-4-2-1-3-5-14/h1-9,17H,10-13H2/t17-/m0/s1. The van der Waals surface area contributed by atoms with Crippen molar-refractivity contribution in [3.63, 3.8) is 0 Å². The lowest BCUT2D eigenvalue weighted by molar-refractivity contribution is -0.149. The van der Waals surface area contributed by atoms with Crippen LogP contribution in [0.5, 0.6) is 0 Å². The fourth-order valence-electron chi connectivity index (χ4n) is 2.88. The molecule has 150 valence electrons. The summed E-state index contributed by atoms with van der Waals surface area (Å²) < 4.78 is 23.0. The number of Topliss-reactive ketones (excluding diaryl/α,β-unsaturated/α-hetero) is 1. The Kier molecular flexibility index (Phi) is 6.33. The summed E-state index contributed by atoms with van der Waals surface area (Å²) in [4.78, 5) is 49.5. The van der Waals surface area contributed by atoms with Gasteiger partial charge in [-0.2, -0.15) is 0 Å². The first-order chi connectivity index (χ1) is 14.0. The summed E-state index contributed by atoms with van der Waals surface area (Å²) >= 11 is 0.